The fraction of sp³-hybridized carbons (Fsp3) is 0.129. The van der Waals surface area contributed by atoms with Crippen molar-refractivity contribution in [2.75, 3.05) is 19.0 Å². The van der Waals surface area contributed by atoms with Crippen molar-refractivity contribution < 1.29 is 14.3 Å². The Kier molecular flexibility index (Phi) is 9.09. The molecule has 7 nitrogen and oxygen atoms in total. The molecule has 208 valence electrons. The molecule has 41 heavy (non-hydrogen) atoms. The molecule has 0 saturated heterocycles. The van der Waals surface area contributed by atoms with Gasteiger partial charge in [0.2, 0.25) is 0 Å². The first-order valence-corrected chi connectivity index (χ1v) is 15.5. The highest BCUT2D eigenvalue weighted by Crippen LogP contribution is 2.33. The lowest BCUT2D eigenvalue weighted by Crippen LogP contribution is -2.40. The van der Waals surface area contributed by atoms with E-state index in [0.717, 1.165) is 24.0 Å². The van der Waals surface area contributed by atoms with Crippen LogP contribution < -0.4 is 29.7 Å². The van der Waals surface area contributed by atoms with Crippen molar-refractivity contribution in [1.29, 1.82) is 0 Å². The molecule has 0 fully saturated rings. The summed E-state index contributed by atoms with van der Waals surface area (Å²) in [4.78, 5) is 33.0. The van der Waals surface area contributed by atoms with E-state index in [2.05, 4.69) is 57.1 Å². The smallest absolute Gasteiger partial charge is 0.271 e. The quantitative estimate of drug-likeness (QED) is 0.185. The number of para-hydroxylation sites is 1. The molecule has 1 atom stereocenters. The van der Waals surface area contributed by atoms with Crippen molar-refractivity contribution in [2.24, 2.45) is 4.99 Å². The number of rotatable bonds is 8. The van der Waals surface area contributed by atoms with Gasteiger partial charge in [-0.3, -0.25) is 14.2 Å². The molecular weight excluding hydrogens is 764 g/mol. The number of hydrogen-bond acceptors (Lipinski definition) is 6. The Morgan fingerprint density at radius 3 is 2.54 bits per heavy atom. The van der Waals surface area contributed by atoms with Crippen LogP contribution in [-0.4, -0.2) is 24.2 Å². The van der Waals surface area contributed by atoms with Crippen LogP contribution in [0.5, 0.6) is 11.5 Å². The number of aromatic nitrogens is 1. The van der Waals surface area contributed by atoms with Crippen LogP contribution >= 0.6 is 56.5 Å². The number of allylic oxidation sites excluding steroid dienone is 1. The maximum atomic E-state index is 14.0. The van der Waals surface area contributed by atoms with E-state index < -0.39 is 6.04 Å². The van der Waals surface area contributed by atoms with E-state index >= 15 is 0 Å². The molecule has 1 aromatic heterocycles. The lowest BCUT2D eigenvalue weighted by Gasteiger charge is -2.25. The van der Waals surface area contributed by atoms with Crippen molar-refractivity contribution in [1.82, 2.24) is 4.57 Å². The summed E-state index contributed by atoms with van der Waals surface area (Å²) in [6.45, 7) is 5.93. The molecule has 0 bridgehead atoms. The van der Waals surface area contributed by atoms with Gasteiger partial charge in [-0.15, -0.1) is 0 Å². The van der Waals surface area contributed by atoms with Gasteiger partial charge in [0.1, 0.15) is 18.1 Å². The van der Waals surface area contributed by atoms with E-state index in [1.165, 1.54) is 11.3 Å². The van der Waals surface area contributed by atoms with Crippen molar-refractivity contribution >= 4 is 74.2 Å². The van der Waals surface area contributed by atoms with E-state index in [0.29, 0.717) is 38.6 Å². The zero-order valence-electron chi connectivity index (χ0n) is 22.2. The third kappa shape index (κ3) is 6.19. The number of amides is 1. The average Bonchev–Trinajstić information content (AvgIpc) is 3.26. The summed E-state index contributed by atoms with van der Waals surface area (Å²) in [7, 11) is 1.59. The van der Waals surface area contributed by atoms with Gasteiger partial charge in [0.25, 0.3) is 11.5 Å². The van der Waals surface area contributed by atoms with Gasteiger partial charge in [-0.1, -0.05) is 54.3 Å². The Hall–Kier alpha value is -3.23. The minimum Gasteiger partial charge on any atom is -0.497 e. The lowest BCUT2D eigenvalue weighted by molar-refractivity contribution is -0.113. The molecular formula is C31H25I2N3O4S. The summed E-state index contributed by atoms with van der Waals surface area (Å²) < 4.78 is 15.3. The van der Waals surface area contributed by atoms with Gasteiger partial charge in [0.15, 0.2) is 4.80 Å². The molecule has 5 rings (SSSR count). The number of fused-ring (bicyclic) bond motifs is 1. The standard InChI is InChI=1S/C31H25I2N3O4S/c1-4-13-40-28-23(32)14-19(15-24(28)33)16-25-30(38)36-27(20-9-8-12-22(17-20)39-3)26(18(2)34-31(36)41-25)29(37)35-21-10-6-5-7-11-21/h4-12,14-17,27H,1,13H2,2-3H3,(H,35,37)/b25-16-/t27-/m0/s1. The Labute approximate surface area is 268 Å². The van der Waals surface area contributed by atoms with Gasteiger partial charge in [0, 0.05) is 5.69 Å². The van der Waals surface area contributed by atoms with E-state index in [-0.39, 0.29) is 11.5 Å². The highest BCUT2D eigenvalue weighted by Gasteiger charge is 2.32. The largest absolute Gasteiger partial charge is 0.497 e. The number of hydrogen-bond donors (Lipinski definition) is 1. The maximum absolute atomic E-state index is 14.0. The van der Waals surface area contributed by atoms with Crippen LogP contribution in [0.4, 0.5) is 5.69 Å². The second kappa shape index (κ2) is 12.7. The Morgan fingerprint density at radius 1 is 1.12 bits per heavy atom. The number of carbonyl (C=O) groups excluding carboxylic acids is 1. The molecule has 0 saturated carbocycles. The van der Waals surface area contributed by atoms with Gasteiger partial charge in [-0.2, -0.15) is 0 Å². The molecule has 3 aromatic carbocycles. The SMILES string of the molecule is C=CCOc1c(I)cc(/C=c2\sc3n(c2=O)[C@@H](c2cccc(OC)c2)C(C(=O)Nc2ccccc2)=C(C)N=3)cc1I. The van der Waals surface area contributed by atoms with Gasteiger partial charge in [0.05, 0.1) is 36.1 Å². The van der Waals surface area contributed by atoms with Crippen LogP contribution in [0.15, 0.2) is 100 Å². The highest BCUT2D eigenvalue weighted by atomic mass is 127. The number of carbonyl (C=O) groups is 1. The summed E-state index contributed by atoms with van der Waals surface area (Å²) >= 11 is 5.76. The monoisotopic (exact) mass is 789 g/mol. The van der Waals surface area contributed by atoms with Crippen LogP contribution in [0.2, 0.25) is 0 Å². The second-order valence-electron chi connectivity index (χ2n) is 9.09. The number of nitrogens with zero attached hydrogens (tertiary/aromatic N) is 2. The van der Waals surface area contributed by atoms with Crippen LogP contribution in [0.3, 0.4) is 0 Å². The number of anilines is 1. The van der Waals surface area contributed by atoms with Gasteiger partial charge >= 0.3 is 0 Å². The maximum Gasteiger partial charge on any atom is 0.271 e. The predicted octanol–water partition coefficient (Wildman–Crippen LogP) is 5.66. The summed E-state index contributed by atoms with van der Waals surface area (Å²) in [6, 6.07) is 19.9. The molecule has 1 N–H and O–H groups in total. The minimum atomic E-state index is -0.692. The molecule has 1 aliphatic rings. The highest BCUT2D eigenvalue weighted by molar-refractivity contribution is 14.1. The molecule has 4 aromatic rings. The van der Waals surface area contributed by atoms with Crippen LogP contribution in [0.1, 0.15) is 24.1 Å². The van der Waals surface area contributed by atoms with Gasteiger partial charge < -0.3 is 14.8 Å². The molecule has 2 heterocycles. The first-order valence-electron chi connectivity index (χ1n) is 12.6. The van der Waals surface area contributed by atoms with E-state index in [1.807, 2.05) is 72.8 Å². The zero-order chi connectivity index (χ0) is 29.1. The molecule has 0 unspecified atom stereocenters. The van der Waals surface area contributed by atoms with Crippen molar-refractivity contribution in [3.63, 3.8) is 0 Å². The normalized spacial score (nSPS) is 14.7. The number of nitrogens with one attached hydrogen (secondary N) is 1. The topological polar surface area (TPSA) is 81.9 Å². The Bertz CT molecular complexity index is 1840. The van der Waals surface area contributed by atoms with E-state index in [1.54, 1.807) is 24.7 Å². The van der Waals surface area contributed by atoms with Gasteiger partial charge in [-0.25, -0.2) is 4.99 Å². The van der Waals surface area contributed by atoms with Crippen LogP contribution in [0, 0.1) is 7.14 Å². The summed E-state index contributed by atoms with van der Waals surface area (Å²) in [5.41, 5.74) is 2.99. The zero-order valence-corrected chi connectivity index (χ0v) is 27.3. The fourth-order valence-electron chi connectivity index (χ4n) is 4.55. The number of benzene rings is 3. The minimum absolute atomic E-state index is 0.226. The number of ether oxygens (including phenoxy) is 2. The van der Waals surface area contributed by atoms with Gasteiger partial charge in [-0.05, 0) is 106 Å². The lowest BCUT2D eigenvalue weighted by atomic mass is 9.95. The number of halogens is 2. The third-order valence-electron chi connectivity index (χ3n) is 6.37. The molecule has 10 heteroatoms. The van der Waals surface area contributed by atoms with Crippen LogP contribution in [0.25, 0.3) is 6.08 Å². The van der Waals surface area contributed by atoms with Crippen molar-refractivity contribution in [3.05, 3.63) is 129 Å². The van der Waals surface area contributed by atoms with E-state index in [4.69, 9.17) is 14.5 Å². The predicted molar refractivity (Wildman–Crippen MR) is 179 cm³/mol. The molecule has 0 spiro atoms. The molecule has 0 radical (unpaired) electrons. The van der Waals surface area contributed by atoms with E-state index in [9.17, 15) is 9.59 Å². The molecule has 1 aliphatic heterocycles. The average molecular weight is 789 g/mol. The van der Waals surface area contributed by atoms with Crippen LogP contribution in [-0.2, 0) is 4.79 Å². The first kappa shape index (κ1) is 29.3. The molecule has 0 aliphatic carbocycles. The Morgan fingerprint density at radius 2 is 1.85 bits per heavy atom. The summed E-state index contributed by atoms with van der Waals surface area (Å²) in [5.74, 6) is 1.09. The number of methoxy groups -OCH3 is 1. The second-order valence-corrected chi connectivity index (χ2v) is 12.4. The van der Waals surface area contributed by atoms with Crippen molar-refractivity contribution in [2.45, 2.75) is 13.0 Å². The molecule has 1 amide bonds. The van der Waals surface area contributed by atoms with Crippen molar-refractivity contribution in [3.8, 4) is 11.5 Å². The number of thiazole rings is 1. The summed E-state index contributed by atoms with van der Waals surface area (Å²) in [6.07, 6.45) is 3.56. The fourth-order valence-corrected chi connectivity index (χ4v) is 7.73. The first-order chi connectivity index (χ1) is 19.8. The Balaban J connectivity index is 1.65. The summed E-state index contributed by atoms with van der Waals surface area (Å²) in [5, 5.41) is 2.97. The third-order valence-corrected chi connectivity index (χ3v) is 8.96.